The highest BCUT2D eigenvalue weighted by Crippen LogP contribution is 2.37. The monoisotopic (exact) mass is 344 g/mol. The number of hydrogen-bond donors (Lipinski definition) is 1. The van der Waals surface area contributed by atoms with E-state index in [0.29, 0.717) is 5.56 Å². The van der Waals surface area contributed by atoms with Crippen LogP contribution in [0.3, 0.4) is 0 Å². The van der Waals surface area contributed by atoms with Gasteiger partial charge in [-0.25, -0.2) is 9.18 Å². The van der Waals surface area contributed by atoms with Crippen LogP contribution in [0.2, 0.25) is 10.0 Å². The van der Waals surface area contributed by atoms with Gasteiger partial charge in [0.25, 0.3) is 0 Å². The minimum absolute atomic E-state index is 0.0194. The minimum Gasteiger partial charge on any atom is -0.493 e. The van der Waals surface area contributed by atoms with E-state index in [1.165, 1.54) is 37.4 Å². The normalized spacial score (nSPS) is 10.4. The summed E-state index contributed by atoms with van der Waals surface area (Å²) in [4.78, 5) is 11.0. The maximum Gasteiger partial charge on any atom is 0.335 e. The fraction of sp³-hybridized carbons (Fsp3) is 0.133. The van der Waals surface area contributed by atoms with Crippen LogP contribution < -0.4 is 9.47 Å². The maximum absolute atomic E-state index is 13.0. The molecule has 2 rings (SSSR count). The molecule has 0 aliphatic carbocycles. The summed E-state index contributed by atoms with van der Waals surface area (Å²) >= 11 is 11.9. The largest absolute Gasteiger partial charge is 0.493 e. The lowest BCUT2D eigenvalue weighted by molar-refractivity contribution is 0.0696. The molecule has 2 aromatic rings. The fourth-order valence-corrected chi connectivity index (χ4v) is 2.26. The summed E-state index contributed by atoms with van der Waals surface area (Å²) in [6.07, 6.45) is 0. The second kappa shape index (κ2) is 6.85. The van der Waals surface area contributed by atoms with Crippen LogP contribution in [0.15, 0.2) is 30.3 Å². The fourth-order valence-electron chi connectivity index (χ4n) is 1.77. The van der Waals surface area contributed by atoms with Gasteiger partial charge in [0.1, 0.15) is 12.4 Å². The van der Waals surface area contributed by atoms with Gasteiger partial charge in [-0.15, -0.1) is 0 Å². The molecule has 0 saturated heterocycles. The van der Waals surface area contributed by atoms with Gasteiger partial charge in [0.05, 0.1) is 22.7 Å². The van der Waals surface area contributed by atoms with Crippen LogP contribution >= 0.6 is 23.2 Å². The molecule has 0 fully saturated rings. The third-order valence-corrected chi connectivity index (χ3v) is 3.50. The standard InChI is InChI=1S/C15H11Cl2FO4/c1-21-13-5-9(15(19)20)4-12(17)14(13)22-7-8-2-3-10(18)6-11(8)16/h2-6H,7H2,1H3,(H,19,20). The number of ether oxygens (including phenoxy) is 2. The Bertz CT molecular complexity index is 719. The highest BCUT2D eigenvalue weighted by atomic mass is 35.5. The molecule has 0 radical (unpaired) electrons. The number of methoxy groups -OCH3 is 1. The Morgan fingerprint density at radius 1 is 1.23 bits per heavy atom. The van der Waals surface area contributed by atoms with Gasteiger partial charge in [-0.05, 0) is 24.3 Å². The van der Waals surface area contributed by atoms with Gasteiger partial charge in [-0.3, -0.25) is 0 Å². The Hall–Kier alpha value is -1.98. The molecule has 0 aromatic heterocycles. The molecule has 2 aromatic carbocycles. The van der Waals surface area contributed by atoms with Crippen molar-refractivity contribution in [1.82, 2.24) is 0 Å². The van der Waals surface area contributed by atoms with Crippen molar-refractivity contribution in [1.29, 1.82) is 0 Å². The number of carbonyl (C=O) groups is 1. The van der Waals surface area contributed by atoms with Crippen molar-refractivity contribution in [3.63, 3.8) is 0 Å². The molecule has 7 heteroatoms. The van der Waals surface area contributed by atoms with Crippen LogP contribution in [0.25, 0.3) is 0 Å². The summed E-state index contributed by atoms with van der Waals surface area (Å²) in [5, 5.41) is 9.29. The smallest absolute Gasteiger partial charge is 0.335 e. The Kier molecular flexibility index (Phi) is 5.11. The number of benzene rings is 2. The molecule has 22 heavy (non-hydrogen) atoms. The third kappa shape index (κ3) is 3.61. The van der Waals surface area contributed by atoms with Gasteiger partial charge in [0.2, 0.25) is 0 Å². The molecule has 0 bridgehead atoms. The van der Waals surface area contributed by atoms with Gasteiger partial charge < -0.3 is 14.6 Å². The van der Waals surface area contributed by atoms with Crippen molar-refractivity contribution in [2.75, 3.05) is 7.11 Å². The molecule has 0 unspecified atom stereocenters. The molecule has 1 N–H and O–H groups in total. The molecule has 0 amide bonds. The first-order valence-electron chi connectivity index (χ1n) is 6.10. The quantitative estimate of drug-likeness (QED) is 0.872. The average Bonchev–Trinajstić information content (AvgIpc) is 2.46. The summed E-state index contributed by atoms with van der Waals surface area (Å²) in [6.45, 7) is 0.0294. The lowest BCUT2D eigenvalue weighted by Crippen LogP contribution is -2.02. The molecule has 0 spiro atoms. The zero-order valence-electron chi connectivity index (χ0n) is 11.4. The Labute approximate surface area is 136 Å². The van der Waals surface area contributed by atoms with Crippen LogP contribution in [-0.2, 0) is 6.61 Å². The predicted molar refractivity (Wildman–Crippen MR) is 80.7 cm³/mol. The first-order chi connectivity index (χ1) is 10.4. The molecule has 0 aliphatic rings. The topological polar surface area (TPSA) is 55.8 Å². The van der Waals surface area contributed by atoms with E-state index >= 15 is 0 Å². The van der Waals surface area contributed by atoms with Gasteiger partial charge in [0.15, 0.2) is 11.5 Å². The second-order valence-electron chi connectivity index (χ2n) is 4.32. The van der Waals surface area contributed by atoms with E-state index in [1.807, 2.05) is 0 Å². The van der Waals surface area contributed by atoms with Crippen molar-refractivity contribution < 1.29 is 23.8 Å². The molecule has 0 heterocycles. The number of rotatable bonds is 5. The highest BCUT2D eigenvalue weighted by molar-refractivity contribution is 6.32. The highest BCUT2D eigenvalue weighted by Gasteiger charge is 2.16. The van der Waals surface area contributed by atoms with Crippen molar-refractivity contribution in [2.45, 2.75) is 6.61 Å². The van der Waals surface area contributed by atoms with E-state index in [0.717, 1.165) is 0 Å². The van der Waals surface area contributed by atoms with Gasteiger partial charge in [0, 0.05) is 5.56 Å². The first-order valence-corrected chi connectivity index (χ1v) is 6.85. The Morgan fingerprint density at radius 2 is 1.95 bits per heavy atom. The van der Waals surface area contributed by atoms with E-state index in [1.54, 1.807) is 0 Å². The predicted octanol–water partition coefficient (Wildman–Crippen LogP) is 4.42. The molecule has 0 atom stereocenters. The van der Waals surface area contributed by atoms with Crippen molar-refractivity contribution in [3.05, 3.63) is 57.3 Å². The van der Waals surface area contributed by atoms with E-state index in [2.05, 4.69) is 0 Å². The molecule has 0 aliphatic heterocycles. The van der Waals surface area contributed by atoms with E-state index in [4.69, 9.17) is 37.8 Å². The Balaban J connectivity index is 2.27. The van der Waals surface area contributed by atoms with E-state index < -0.39 is 11.8 Å². The molecular weight excluding hydrogens is 334 g/mol. The van der Waals surface area contributed by atoms with Crippen molar-refractivity contribution >= 4 is 29.2 Å². The van der Waals surface area contributed by atoms with Crippen LogP contribution in [0.1, 0.15) is 15.9 Å². The number of carboxylic acid groups (broad SMARTS) is 1. The summed E-state index contributed by atoms with van der Waals surface area (Å²) < 4.78 is 23.6. The summed E-state index contributed by atoms with van der Waals surface area (Å²) in [5.74, 6) is -1.21. The summed E-state index contributed by atoms with van der Waals surface area (Å²) in [7, 11) is 1.37. The second-order valence-corrected chi connectivity index (χ2v) is 5.13. The van der Waals surface area contributed by atoms with Crippen LogP contribution in [-0.4, -0.2) is 18.2 Å². The van der Waals surface area contributed by atoms with Crippen LogP contribution in [0.5, 0.6) is 11.5 Å². The molecule has 116 valence electrons. The van der Waals surface area contributed by atoms with E-state index in [-0.39, 0.29) is 33.7 Å². The lowest BCUT2D eigenvalue weighted by Gasteiger charge is -2.14. The SMILES string of the molecule is COc1cc(C(=O)O)cc(Cl)c1OCc1ccc(F)cc1Cl. The van der Waals surface area contributed by atoms with Crippen LogP contribution in [0, 0.1) is 5.82 Å². The molecule has 0 saturated carbocycles. The molecular formula is C15H11Cl2FO4. The average molecular weight is 345 g/mol. The minimum atomic E-state index is -1.13. The lowest BCUT2D eigenvalue weighted by atomic mass is 10.2. The van der Waals surface area contributed by atoms with Crippen molar-refractivity contribution in [3.8, 4) is 11.5 Å². The van der Waals surface area contributed by atoms with Crippen LogP contribution in [0.4, 0.5) is 4.39 Å². The van der Waals surface area contributed by atoms with Gasteiger partial charge >= 0.3 is 5.97 Å². The zero-order chi connectivity index (χ0) is 16.3. The maximum atomic E-state index is 13.0. The summed E-state index contributed by atoms with van der Waals surface area (Å²) in [5.41, 5.74) is 0.539. The van der Waals surface area contributed by atoms with Crippen molar-refractivity contribution in [2.24, 2.45) is 0 Å². The number of carboxylic acids is 1. The Morgan fingerprint density at radius 3 is 2.55 bits per heavy atom. The first kappa shape index (κ1) is 16.4. The number of halogens is 3. The van der Waals surface area contributed by atoms with Gasteiger partial charge in [-0.2, -0.15) is 0 Å². The van der Waals surface area contributed by atoms with E-state index in [9.17, 15) is 9.18 Å². The zero-order valence-corrected chi connectivity index (χ0v) is 12.9. The third-order valence-electron chi connectivity index (χ3n) is 2.86. The number of aromatic carboxylic acids is 1. The molecule has 4 nitrogen and oxygen atoms in total. The van der Waals surface area contributed by atoms with Gasteiger partial charge in [-0.1, -0.05) is 29.3 Å². The summed E-state index contributed by atoms with van der Waals surface area (Å²) in [6, 6.07) is 6.48. The number of hydrogen-bond acceptors (Lipinski definition) is 3.